The first kappa shape index (κ1) is 27.3. The summed E-state index contributed by atoms with van der Waals surface area (Å²) >= 11 is 6.51. The molecule has 0 atom stereocenters. The Hall–Kier alpha value is -3.28. The molecule has 12 heteroatoms. The second-order valence-corrected chi connectivity index (χ2v) is 10.2. The molecule has 190 valence electrons. The highest BCUT2D eigenvalue weighted by atomic mass is 35.5. The van der Waals surface area contributed by atoms with Gasteiger partial charge in [0, 0.05) is 16.7 Å². The van der Waals surface area contributed by atoms with Crippen molar-refractivity contribution in [2.45, 2.75) is 15.5 Å². The highest BCUT2D eigenvalue weighted by Gasteiger charge is 2.17. The Balaban J connectivity index is 1.73. The number of halogens is 3. The fourth-order valence-corrected chi connectivity index (χ4v) is 4.74. The number of amides is 1. The van der Waals surface area contributed by atoms with E-state index in [1.165, 1.54) is 62.8 Å². The van der Waals surface area contributed by atoms with Crippen molar-refractivity contribution in [1.82, 2.24) is 0 Å². The molecule has 0 heterocycles. The topological polar surface area (TPSA) is 93.7 Å². The van der Waals surface area contributed by atoms with Crippen LogP contribution in [0.15, 0.2) is 76.5 Å². The molecule has 0 bridgehead atoms. The van der Waals surface area contributed by atoms with Crippen molar-refractivity contribution in [2.75, 3.05) is 24.3 Å². The molecule has 0 aliphatic heterocycles. The Morgan fingerprint density at radius 3 is 2.33 bits per heavy atom. The number of anilines is 2. The van der Waals surface area contributed by atoms with Crippen molar-refractivity contribution in [2.24, 2.45) is 0 Å². The van der Waals surface area contributed by atoms with Gasteiger partial charge in [-0.15, -0.1) is 0 Å². The molecule has 0 spiro atoms. The van der Waals surface area contributed by atoms with Gasteiger partial charge in [0.1, 0.15) is 0 Å². The van der Waals surface area contributed by atoms with Crippen LogP contribution in [-0.2, 0) is 14.8 Å². The van der Waals surface area contributed by atoms with Crippen LogP contribution in [0.4, 0.5) is 20.2 Å². The first-order chi connectivity index (χ1) is 17.1. The molecule has 0 radical (unpaired) electrons. The molecule has 0 fully saturated rings. The quantitative estimate of drug-likeness (QED) is 0.231. The van der Waals surface area contributed by atoms with Crippen molar-refractivity contribution in [3.8, 4) is 11.5 Å². The summed E-state index contributed by atoms with van der Waals surface area (Å²) in [6.45, 7) is 0. The van der Waals surface area contributed by atoms with Crippen molar-refractivity contribution in [1.29, 1.82) is 0 Å². The molecule has 0 unspecified atom stereocenters. The average molecular weight is 555 g/mol. The minimum absolute atomic E-state index is 0.0881. The molecule has 36 heavy (non-hydrogen) atoms. The van der Waals surface area contributed by atoms with Crippen LogP contribution in [0.25, 0.3) is 6.08 Å². The summed E-state index contributed by atoms with van der Waals surface area (Å²) in [5.74, 6) is -2.08. The van der Waals surface area contributed by atoms with Gasteiger partial charge in [-0.05, 0) is 66.2 Å². The number of thioether (sulfide) groups is 1. The number of alkyl halides is 2. The Labute approximate surface area is 216 Å². The number of carbonyl (C=O) groups excluding carboxylic acids is 1. The van der Waals surface area contributed by atoms with E-state index in [9.17, 15) is 22.0 Å². The summed E-state index contributed by atoms with van der Waals surface area (Å²) in [5.41, 5.74) is 0.949. The van der Waals surface area contributed by atoms with Gasteiger partial charge >= 0.3 is 0 Å². The highest BCUT2D eigenvalue weighted by molar-refractivity contribution is 7.99. The molecule has 3 aromatic rings. The molecule has 0 aromatic heterocycles. The SMILES string of the molecule is COc1ccc(/C=C/C(=O)Nc2cc(S(=O)(=O)Nc3ccc(SC(F)F)cc3)ccc2Cl)cc1OC. The molecule has 0 aliphatic carbocycles. The molecule has 3 rings (SSSR count). The van der Waals surface area contributed by atoms with Crippen molar-refractivity contribution >= 4 is 56.7 Å². The smallest absolute Gasteiger partial charge is 0.288 e. The van der Waals surface area contributed by atoms with Crippen LogP contribution in [0.5, 0.6) is 11.5 Å². The maximum Gasteiger partial charge on any atom is 0.288 e. The normalized spacial score (nSPS) is 11.5. The number of sulfonamides is 1. The Kier molecular flexibility index (Phi) is 9.19. The Morgan fingerprint density at radius 2 is 1.69 bits per heavy atom. The molecule has 3 aromatic carbocycles. The molecule has 0 saturated carbocycles. The van der Waals surface area contributed by atoms with Gasteiger partial charge in [0.05, 0.1) is 29.8 Å². The maximum atomic E-state index is 12.8. The van der Waals surface area contributed by atoms with Gasteiger partial charge in [-0.1, -0.05) is 29.4 Å². The fraction of sp³-hybridized carbons (Fsp3) is 0.125. The maximum absolute atomic E-state index is 12.8. The summed E-state index contributed by atoms with van der Waals surface area (Å²) in [5, 5.41) is 2.69. The van der Waals surface area contributed by atoms with Crippen molar-refractivity contribution in [3.63, 3.8) is 0 Å². The van der Waals surface area contributed by atoms with E-state index < -0.39 is 21.7 Å². The molecular weight excluding hydrogens is 534 g/mol. The molecular formula is C24H21ClF2N2O5S2. The zero-order valence-electron chi connectivity index (χ0n) is 19.0. The lowest BCUT2D eigenvalue weighted by atomic mass is 10.2. The Bertz CT molecular complexity index is 1370. The minimum Gasteiger partial charge on any atom is -0.493 e. The lowest BCUT2D eigenvalue weighted by molar-refractivity contribution is -0.111. The van der Waals surface area contributed by atoms with Gasteiger partial charge in [-0.2, -0.15) is 8.78 Å². The van der Waals surface area contributed by atoms with Crippen LogP contribution in [0.3, 0.4) is 0 Å². The first-order valence-corrected chi connectivity index (χ1v) is 12.9. The second-order valence-electron chi connectivity index (χ2n) is 7.09. The van der Waals surface area contributed by atoms with Crippen LogP contribution in [0, 0.1) is 0 Å². The number of nitrogens with one attached hydrogen (secondary N) is 2. The third-order valence-corrected chi connectivity index (χ3v) is 7.10. The zero-order chi connectivity index (χ0) is 26.3. The highest BCUT2D eigenvalue weighted by Crippen LogP contribution is 2.30. The van der Waals surface area contributed by atoms with E-state index in [1.807, 2.05) is 0 Å². The zero-order valence-corrected chi connectivity index (χ0v) is 21.4. The summed E-state index contributed by atoms with van der Waals surface area (Å²) < 4.78 is 63.3. The van der Waals surface area contributed by atoms with Gasteiger partial charge in [0.25, 0.3) is 15.8 Å². The molecule has 7 nitrogen and oxygen atoms in total. The lowest BCUT2D eigenvalue weighted by Gasteiger charge is -2.11. The third-order valence-electron chi connectivity index (χ3n) is 4.67. The minimum atomic E-state index is -4.05. The van der Waals surface area contributed by atoms with E-state index in [2.05, 4.69) is 10.0 Å². The molecule has 2 N–H and O–H groups in total. The van der Waals surface area contributed by atoms with Gasteiger partial charge in [-0.3, -0.25) is 9.52 Å². The number of rotatable bonds is 10. The van der Waals surface area contributed by atoms with E-state index >= 15 is 0 Å². The number of hydrogen-bond donors (Lipinski definition) is 2. The largest absolute Gasteiger partial charge is 0.493 e. The monoisotopic (exact) mass is 554 g/mol. The molecule has 0 aliphatic rings. The van der Waals surface area contributed by atoms with E-state index in [1.54, 1.807) is 24.3 Å². The van der Waals surface area contributed by atoms with Gasteiger partial charge in [-0.25, -0.2) is 8.42 Å². The van der Waals surface area contributed by atoms with Crippen LogP contribution < -0.4 is 19.5 Å². The fourth-order valence-electron chi connectivity index (χ4n) is 2.99. The van der Waals surface area contributed by atoms with E-state index in [0.717, 1.165) is 0 Å². The average Bonchev–Trinajstić information content (AvgIpc) is 2.84. The number of hydrogen-bond acceptors (Lipinski definition) is 6. The van der Waals surface area contributed by atoms with Crippen LogP contribution in [-0.4, -0.2) is 34.3 Å². The number of methoxy groups -OCH3 is 2. The van der Waals surface area contributed by atoms with Crippen LogP contribution in [0.2, 0.25) is 5.02 Å². The number of benzene rings is 3. The summed E-state index contributed by atoms with van der Waals surface area (Å²) in [7, 11) is -1.04. The van der Waals surface area contributed by atoms with Crippen LogP contribution >= 0.6 is 23.4 Å². The van der Waals surface area contributed by atoms with Crippen molar-refractivity contribution < 1.29 is 31.5 Å². The molecule has 0 saturated heterocycles. The Morgan fingerprint density at radius 1 is 1.00 bits per heavy atom. The molecule has 1 amide bonds. The first-order valence-electron chi connectivity index (χ1n) is 10.2. The summed E-state index contributed by atoms with van der Waals surface area (Å²) in [4.78, 5) is 12.6. The van der Waals surface area contributed by atoms with Crippen molar-refractivity contribution in [3.05, 3.63) is 77.3 Å². The number of carbonyl (C=O) groups is 1. The van der Waals surface area contributed by atoms with E-state index in [4.69, 9.17) is 21.1 Å². The summed E-state index contributed by atoms with van der Waals surface area (Å²) in [6.07, 6.45) is 2.80. The summed E-state index contributed by atoms with van der Waals surface area (Å²) in [6, 6.07) is 14.5. The van der Waals surface area contributed by atoms with E-state index in [0.29, 0.717) is 33.7 Å². The standard InChI is InChI=1S/C24H21ClF2N2O5S2/c1-33-21-11-3-15(13-22(21)34-2)4-12-23(30)28-20-14-18(9-10-19(20)25)36(31,32)29-16-5-7-17(8-6-16)35-24(26)27/h3-14,24,29H,1-2H3,(H,28,30)/b12-4+. The van der Waals surface area contributed by atoms with E-state index in [-0.39, 0.29) is 21.3 Å². The second kappa shape index (κ2) is 12.1. The van der Waals surface area contributed by atoms with Gasteiger partial charge < -0.3 is 14.8 Å². The predicted molar refractivity (Wildman–Crippen MR) is 138 cm³/mol. The number of ether oxygens (including phenoxy) is 2. The van der Waals surface area contributed by atoms with Gasteiger partial charge in [0.15, 0.2) is 11.5 Å². The third kappa shape index (κ3) is 7.36. The predicted octanol–water partition coefficient (Wildman–Crippen LogP) is 6.12. The van der Waals surface area contributed by atoms with Gasteiger partial charge in [0.2, 0.25) is 5.91 Å². The lowest BCUT2D eigenvalue weighted by Crippen LogP contribution is -2.14. The van der Waals surface area contributed by atoms with Crippen LogP contribution in [0.1, 0.15) is 5.56 Å².